The molecule has 1 heterocycles. The molecular weight excluding hydrogens is 388 g/mol. The van der Waals surface area contributed by atoms with Gasteiger partial charge in [-0.1, -0.05) is 58.0 Å². The van der Waals surface area contributed by atoms with Crippen LogP contribution in [0.15, 0.2) is 66.9 Å². The largest absolute Gasteiger partial charge is 0.493 e. The molecule has 0 aromatic heterocycles. The highest BCUT2D eigenvalue weighted by atomic mass is 16.5. The topological polar surface area (TPSA) is 58.6 Å². The first kappa shape index (κ1) is 22.3. The van der Waals surface area contributed by atoms with Gasteiger partial charge in [-0.15, -0.1) is 6.58 Å². The van der Waals surface area contributed by atoms with E-state index in [0.29, 0.717) is 29.6 Å². The fourth-order valence-electron chi connectivity index (χ4n) is 3.33. The second-order valence-corrected chi connectivity index (χ2v) is 8.39. The number of hydrogen-bond donors (Lipinski definition) is 1. The number of anilines is 1. The minimum Gasteiger partial charge on any atom is -0.493 e. The lowest BCUT2D eigenvalue weighted by Gasteiger charge is -2.13. The SMILES string of the molecule is C=CCN1C(=O)C(Nc2ccc(C(C)C)cc2)=C(c2ccc(OCC(C)C)cc2)C1=O. The van der Waals surface area contributed by atoms with Gasteiger partial charge in [-0.3, -0.25) is 14.5 Å². The summed E-state index contributed by atoms with van der Waals surface area (Å²) >= 11 is 0. The van der Waals surface area contributed by atoms with Gasteiger partial charge in [0.05, 0.1) is 12.2 Å². The van der Waals surface area contributed by atoms with Gasteiger partial charge in [-0.25, -0.2) is 0 Å². The van der Waals surface area contributed by atoms with Gasteiger partial charge in [0.1, 0.15) is 11.4 Å². The molecule has 1 aliphatic heterocycles. The number of imide groups is 1. The maximum atomic E-state index is 13.1. The minimum absolute atomic E-state index is 0.161. The van der Waals surface area contributed by atoms with Crippen LogP contribution in [0, 0.1) is 5.92 Å². The van der Waals surface area contributed by atoms with E-state index in [4.69, 9.17) is 4.74 Å². The van der Waals surface area contributed by atoms with Gasteiger partial charge < -0.3 is 10.1 Å². The molecule has 1 N–H and O–H groups in total. The Bertz CT molecular complexity index is 986. The lowest BCUT2D eigenvalue weighted by atomic mass is 10.0. The molecule has 0 spiro atoms. The average molecular weight is 419 g/mol. The molecule has 2 aromatic carbocycles. The van der Waals surface area contributed by atoms with Crippen molar-refractivity contribution >= 4 is 23.1 Å². The molecule has 0 bridgehead atoms. The lowest BCUT2D eigenvalue weighted by Crippen LogP contribution is -2.32. The van der Waals surface area contributed by atoms with E-state index in [2.05, 4.69) is 39.6 Å². The van der Waals surface area contributed by atoms with Crippen molar-refractivity contribution in [3.05, 3.63) is 78.0 Å². The predicted octanol–water partition coefficient (Wildman–Crippen LogP) is 5.22. The van der Waals surface area contributed by atoms with Crippen molar-refractivity contribution in [1.82, 2.24) is 4.90 Å². The molecule has 0 saturated heterocycles. The first-order valence-corrected chi connectivity index (χ1v) is 10.6. The number of nitrogens with one attached hydrogen (secondary N) is 1. The highest BCUT2D eigenvalue weighted by Gasteiger charge is 2.38. The van der Waals surface area contributed by atoms with Crippen LogP contribution in [0.2, 0.25) is 0 Å². The summed E-state index contributed by atoms with van der Waals surface area (Å²) in [5, 5.41) is 3.18. The molecule has 3 rings (SSSR count). The third kappa shape index (κ3) is 5.05. The highest BCUT2D eigenvalue weighted by Crippen LogP contribution is 2.31. The normalized spacial score (nSPS) is 14.1. The van der Waals surface area contributed by atoms with Crippen molar-refractivity contribution in [2.24, 2.45) is 5.92 Å². The third-order valence-electron chi connectivity index (χ3n) is 5.05. The lowest BCUT2D eigenvalue weighted by molar-refractivity contribution is -0.136. The summed E-state index contributed by atoms with van der Waals surface area (Å²) in [4.78, 5) is 27.3. The zero-order chi connectivity index (χ0) is 22.5. The standard InChI is InChI=1S/C26H30N2O3/c1-6-15-28-25(29)23(20-9-13-22(14-10-20)31-16-17(2)3)24(26(28)30)27-21-11-7-19(8-12-21)18(4)5/h6-14,17-18,27H,1,15-16H2,2-5H3. The Morgan fingerprint density at radius 3 is 2.16 bits per heavy atom. The second kappa shape index (κ2) is 9.65. The van der Waals surface area contributed by atoms with Crippen LogP contribution in [0.1, 0.15) is 44.7 Å². The van der Waals surface area contributed by atoms with Crippen LogP contribution in [-0.2, 0) is 9.59 Å². The van der Waals surface area contributed by atoms with Gasteiger partial charge >= 0.3 is 0 Å². The molecule has 0 unspecified atom stereocenters. The van der Waals surface area contributed by atoms with Crippen molar-refractivity contribution in [3.8, 4) is 5.75 Å². The van der Waals surface area contributed by atoms with Crippen molar-refractivity contribution in [3.63, 3.8) is 0 Å². The molecule has 5 nitrogen and oxygen atoms in total. The molecule has 5 heteroatoms. The highest BCUT2D eigenvalue weighted by molar-refractivity contribution is 6.36. The molecule has 0 aliphatic carbocycles. The van der Waals surface area contributed by atoms with Crippen molar-refractivity contribution in [2.75, 3.05) is 18.5 Å². The summed E-state index contributed by atoms with van der Waals surface area (Å²) < 4.78 is 5.74. The van der Waals surface area contributed by atoms with Crippen LogP contribution in [0.5, 0.6) is 5.75 Å². The molecule has 162 valence electrons. The summed E-state index contributed by atoms with van der Waals surface area (Å²) in [6.45, 7) is 12.9. The molecule has 1 aliphatic rings. The Balaban J connectivity index is 1.94. The Labute approximate surface area is 184 Å². The monoisotopic (exact) mass is 418 g/mol. The van der Waals surface area contributed by atoms with Crippen molar-refractivity contribution < 1.29 is 14.3 Å². The average Bonchev–Trinajstić information content (AvgIpc) is 2.97. The number of carbonyl (C=O) groups excluding carboxylic acids is 2. The van der Waals surface area contributed by atoms with Crippen LogP contribution in [0.25, 0.3) is 5.57 Å². The van der Waals surface area contributed by atoms with Crippen molar-refractivity contribution in [1.29, 1.82) is 0 Å². The van der Waals surface area contributed by atoms with Crippen LogP contribution in [-0.4, -0.2) is 29.9 Å². The molecule has 31 heavy (non-hydrogen) atoms. The van der Waals surface area contributed by atoms with Gasteiger partial charge in [0.15, 0.2) is 0 Å². The van der Waals surface area contributed by atoms with Crippen LogP contribution >= 0.6 is 0 Å². The zero-order valence-electron chi connectivity index (χ0n) is 18.6. The summed E-state index contributed by atoms with van der Waals surface area (Å²) in [6.07, 6.45) is 1.55. The second-order valence-electron chi connectivity index (χ2n) is 8.39. The zero-order valence-corrected chi connectivity index (χ0v) is 18.6. The van der Waals surface area contributed by atoms with Gasteiger partial charge in [0.2, 0.25) is 0 Å². The number of carbonyl (C=O) groups is 2. The molecule has 2 aromatic rings. The van der Waals surface area contributed by atoms with E-state index in [1.54, 1.807) is 6.08 Å². The predicted molar refractivity (Wildman–Crippen MR) is 125 cm³/mol. The van der Waals surface area contributed by atoms with Gasteiger partial charge in [-0.2, -0.15) is 0 Å². The number of amides is 2. The number of benzene rings is 2. The first-order chi connectivity index (χ1) is 14.8. The number of hydrogen-bond acceptors (Lipinski definition) is 4. The smallest absolute Gasteiger partial charge is 0.278 e. The molecular formula is C26H30N2O3. The summed E-state index contributed by atoms with van der Waals surface area (Å²) in [5.74, 6) is 0.881. The van der Waals surface area contributed by atoms with Crippen LogP contribution in [0.4, 0.5) is 5.69 Å². The van der Waals surface area contributed by atoms with Gasteiger partial charge in [-0.05, 0) is 47.2 Å². The Morgan fingerprint density at radius 1 is 0.968 bits per heavy atom. The molecule has 0 fully saturated rings. The van der Waals surface area contributed by atoms with Gasteiger partial charge in [0.25, 0.3) is 11.8 Å². The van der Waals surface area contributed by atoms with E-state index in [-0.39, 0.29) is 24.1 Å². The van der Waals surface area contributed by atoms with E-state index in [0.717, 1.165) is 11.4 Å². The fourth-order valence-corrected chi connectivity index (χ4v) is 3.33. The number of ether oxygens (including phenoxy) is 1. The quantitative estimate of drug-likeness (QED) is 0.448. The third-order valence-corrected chi connectivity index (χ3v) is 5.05. The Morgan fingerprint density at radius 2 is 1.61 bits per heavy atom. The van der Waals surface area contributed by atoms with Gasteiger partial charge in [0, 0.05) is 12.2 Å². The summed E-state index contributed by atoms with van der Waals surface area (Å²) in [6, 6.07) is 15.2. The Hall–Kier alpha value is -3.34. The number of rotatable bonds is 9. The molecule has 2 amide bonds. The van der Waals surface area contributed by atoms with Crippen LogP contribution < -0.4 is 10.1 Å². The van der Waals surface area contributed by atoms with E-state index in [1.807, 2.05) is 48.5 Å². The summed E-state index contributed by atoms with van der Waals surface area (Å²) in [7, 11) is 0. The Kier molecular flexibility index (Phi) is 6.95. The molecule has 0 saturated carbocycles. The van der Waals surface area contributed by atoms with Crippen molar-refractivity contribution in [2.45, 2.75) is 33.6 Å². The van der Waals surface area contributed by atoms with Crippen LogP contribution in [0.3, 0.4) is 0 Å². The molecule has 0 atom stereocenters. The summed E-state index contributed by atoms with van der Waals surface area (Å²) in [5.41, 5.74) is 3.27. The first-order valence-electron chi connectivity index (χ1n) is 10.6. The van der Waals surface area contributed by atoms with E-state index < -0.39 is 0 Å². The fraction of sp³-hybridized carbons (Fsp3) is 0.308. The maximum absolute atomic E-state index is 13.1. The minimum atomic E-state index is -0.354. The maximum Gasteiger partial charge on any atom is 0.278 e. The van der Waals surface area contributed by atoms with E-state index in [9.17, 15) is 9.59 Å². The van der Waals surface area contributed by atoms with E-state index in [1.165, 1.54) is 10.5 Å². The molecule has 0 radical (unpaired) electrons. The van der Waals surface area contributed by atoms with E-state index >= 15 is 0 Å². The number of nitrogens with zero attached hydrogens (tertiary/aromatic N) is 1.